The summed E-state index contributed by atoms with van der Waals surface area (Å²) in [5, 5.41) is 0.522. The summed E-state index contributed by atoms with van der Waals surface area (Å²) < 4.78 is 7.86. The van der Waals surface area contributed by atoms with Crippen LogP contribution in [0, 0.1) is 0 Å². The number of benzene rings is 2. The van der Waals surface area contributed by atoms with Crippen LogP contribution >= 0.6 is 0 Å². The summed E-state index contributed by atoms with van der Waals surface area (Å²) in [4.78, 5) is 39.4. The van der Waals surface area contributed by atoms with Crippen molar-refractivity contribution >= 4 is 22.5 Å². The van der Waals surface area contributed by atoms with Crippen LogP contribution in [0.5, 0.6) is 5.75 Å². The lowest BCUT2D eigenvalue weighted by atomic mass is 10.1. The van der Waals surface area contributed by atoms with Gasteiger partial charge in [0.2, 0.25) is 0 Å². The minimum absolute atomic E-state index is 0.109. The second-order valence-electron chi connectivity index (χ2n) is 8.57. The normalized spacial score (nSPS) is 11.3. The molecule has 8 heteroatoms. The number of rotatable bonds is 7. The summed E-state index contributed by atoms with van der Waals surface area (Å²) in [5.74, 6) is 0.845. The Morgan fingerprint density at radius 3 is 2.71 bits per heavy atom. The van der Waals surface area contributed by atoms with E-state index in [1.807, 2.05) is 61.0 Å². The van der Waals surface area contributed by atoms with E-state index < -0.39 is 0 Å². The Balaban J connectivity index is 1.34. The molecule has 3 aromatic heterocycles. The van der Waals surface area contributed by atoms with E-state index in [9.17, 15) is 9.59 Å². The Kier molecular flexibility index (Phi) is 6.01. The van der Waals surface area contributed by atoms with Crippen molar-refractivity contribution in [1.29, 1.82) is 0 Å². The van der Waals surface area contributed by atoms with Gasteiger partial charge < -0.3 is 19.0 Å². The highest BCUT2D eigenvalue weighted by Gasteiger charge is 2.21. The molecule has 0 radical (unpaired) electrons. The molecule has 5 aromatic rings. The number of para-hydroxylation sites is 1. The first-order valence-electron chi connectivity index (χ1n) is 11.4. The minimum Gasteiger partial charge on any atom is -0.487 e. The van der Waals surface area contributed by atoms with E-state index in [0.717, 1.165) is 11.3 Å². The molecule has 2 aromatic carbocycles. The molecule has 0 spiro atoms. The molecule has 0 aliphatic rings. The van der Waals surface area contributed by atoms with Crippen LogP contribution in [-0.2, 0) is 13.2 Å². The van der Waals surface area contributed by atoms with Crippen LogP contribution in [0.3, 0.4) is 0 Å². The van der Waals surface area contributed by atoms with Crippen LogP contribution in [0.15, 0.2) is 83.9 Å². The fourth-order valence-corrected chi connectivity index (χ4v) is 3.96. The molecule has 8 nitrogen and oxygen atoms in total. The third-order valence-electron chi connectivity index (χ3n) is 5.75. The molecule has 0 unspecified atom stereocenters. The largest absolute Gasteiger partial charge is 0.487 e. The molecule has 0 fully saturated rings. The van der Waals surface area contributed by atoms with Gasteiger partial charge in [-0.25, -0.2) is 9.97 Å². The van der Waals surface area contributed by atoms with Gasteiger partial charge in [-0.05, 0) is 56.3 Å². The maximum Gasteiger partial charge on any atom is 0.258 e. The Morgan fingerprint density at radius 2 is 1.89 bits per heavy atom. The van der Waals surface area contributed by atoms with Crippen LogP contribution in [0.25, 0.3) is 16.6 Å². The van der Waals surface area contributed by atoms with Gasteiger partial charge in [0.15, 0.2) is 0 Å². The van der Waals surface area contributed by atoms with E-state index >= 15 is 0 Å². The first kappa shape index (κ1) is 22.3. The van der Waals surface area contributed by atoms with Crippen molar-refractivity contribution in [2.24, 2.45) is 0 Å². The van der Waals surface area contributed by atoms with Gasteiger partial charge in [0.05, 0.1) is 23.1 Å². The second kappa shape index (κ2) is 9.42. The van der Waals surface area contributed by atoms with Gasteiger partial charge in [-0.15, -0.1) is 0 Å². The highest BCUT2D eigenvalue weighted by atomic mass is 16.5. The quantitative estimate of drug-likeness (QED) is 0.387. The molecule has 35 heavy (non-hydrogen) atoms. The summed E-state index contributed by atoms with van der Waals surface area (Å²) in [6.45, 7) is 4.33. The van der Waals surface area contributed by atoms with Gasteiger partial charge in [0.25, 0.3) is 11.5 Å². The molecule has 0 bridgehead atoms. The molecule has 0 aliphatic heterocycles. The topological polar surface area (TPSA) is 92.6 Å². The fourth-order valence-electron chi connectivity index (χ4n) is 3.96. The number of imidazole rings is 1. The van der Waals surface area contributed by atoms with Gasteiger partial charge >= 0.3 is 0 Å². The van der Waals surface area contributed by atoms with E-state index in [4.69, 9.17) is 4.74 Å². The summed E-state index contributed by atoms with van der Waals surface area (Å²) in [6.07, 6.45) is 3.85. The second-order valence-corrected chi connectivity index (χ2v) is 8.57. The number of aromatic nitrogens is 4. The number of hydrogen-bond donors (Lipinski definition) is 1. The first-order chi connectivity index (χ1) is 17.0. The number of H-pyrrole nitrogens is 1. The summed E-state index contributed by atoms with van der Waals surface area (Å²) in [5.41, 5.74) is 2.52. The number of carbonyl (C=O) groups excluding carboxylic acids is 1. The van der Waals surface area contributed by atoms with Crippen LogP contribution in [0.2, 0.25) is 0 Å². The molecule has 1 amide bonds. The summed E-state index contributed by atoms with van der Waals surface area (Å²) in [6, 6.07) is 19.9. The average molecular weight is 468 g/mol. The van der Waals surface area contributed by atoms with Gasteiger partial charge in [0.1, 0.15) is 23.8 Å². The Labute approximate surface area is 201 Å². The maximum absolute atomic E-state index is 13.4. The van der Waals surface area contributed by atoms with Crippen LogP contribution < -0.4 is 10.3 Å². The smallest absolute Gasteiger partial charge is 0.258 e. The molecule has 0 atom stereocenters. The van der Waals surface area contributed by atoms with Gasteiger partial charge in [-0.2, -0.15) is 0 Å². The number of carbonyl (C=O) groups is 1. The monoisotopic (exact) mass is 467 g/mol. The number of nitrogens with zero attached hydrogens (tertiary/aromatic N) is 4. The predicted molar refractivity (Wildman–Crippen MR) is 133 cm³/mol. The van der Waals surface area contributed by atoms with E-state index in [1.165, 1.54) is 0 Å². The van der Waals surface area contributed by atoms with Crippen LogP contribution in [0.4, 0.5) is 0 Å². The Bertz CT molecular complexity index is 1540. The van der Waals surface area contributed by atoms with Crippen molar-refractivity contribution in [3.63, 3.8) is 0 Å². The average Bonchev–Trinajstić information content (AvgIpc) is 3.29. The molecule has 0 saturated carbocycles. The molecule has 176 valence electrons. The first-order valence-corrected chi connectivity index (χ1v) is 11.4. The summed E-state index contributed by atoms with van der Waals surface area (Å²) in [7, 11) is 0. The Hall–Kier alpha value is -4.46. The zero-order chi connectivity index (χ0) is 24.4. The van der Waals surface area contributed by atoms with Crippen molar-refractivity contribution in [2.75, 3.05) is 0 Å². The molecular weight excluding hydrogens is 442 g/mol. The zero-order valence-corrected chi connectivity index (χ0v) is 19.5. The molecule has 5 rings (SSSR count). The number of pyridine rings is 1. The molecule has 0 aliphatic carbocycles. The van der Waals surface area contributed by atoms with Crippen molar-refractivity contribution in [3.8, 4) is 5.75 Å². The maximum atomic E-state index is 13.4. The number of amides is 1. The number of aromatic amines is 1. The lowest BCUT2D eigenvalue weighted by Crippen LogP contribution is -2.37. The van der Waals surface area contributed by atoms with Gasteiger partial charge in [0, 0.05) is 24.0 Å². The van der Waals surface area contributed by atoms with Crippen molar-refractivity contribution in [2.45, 2.75) is 33.0 Å². The highest BCUT2D eigenvalue weighted by Crippen LogP contribution is 2.19. The molecule has 0 saturated heterocycles. The van der Waals surface area contributed by atoms with Crippen molar-refractivity contribution in [3.05, 3.63) is 107 Å². The van der Waals surface area contributed by atoms with Crippen LogP contribution in [0.1, 0.15) is 35.7 Å². The minimum atomic E-state index is -0.218. The SMILES string of the molecule is CC(C)N(Cc1nc2ccccc2c(=O)[nH]1)C(=O)c1cccc(OCc2cn3ccccc3n2)c1. The lowest BCUT2D eigenvalue weighted by Gasteiger charge is -2.26. The van der Waals surface area contributed by atoms with E-state index in [-0.39, 0.29) is 30.7 Å². The van der Waals surface area contributed by atoms with E-state index in [1.54, 1.807) is 41.3 Å². The third-order valence-corrected chi connectivity index (χ3v) is 5.75. The number of hydrogen-bond acceptors (Lipinski definition) is 5. The van der Waals surface area contributed by atoms with E-state index in [2.05, 4.69) is 15.0 Å². The van der Waals surface area contributed by atoms with E-state index in [0.29, 0.717) is 28.0 Å². The predicted octanol–water partition coefficient (Wildman–Crippen LogP) is 4.20. The highest BCUT2D eigenvalue weighted by molar-refractivity contribution is 5.94. The van der Waals surface area contributed by atoms with Crippen molar-refractivity contribution < 1.29 is 9.53 Å². The molecule has 1 N–H and O–H groups in total. The number of ether oxygens (including phenoxy) is 1. The summed E-state index contributed by atoms with van der Waals surface area (Å²) >= 11 is 0. The standard InChI is InChI=1S/C27H25N5O3/c1-18(2)32(16-24-29-23-11-4-3-10-22(23)26(33)30-24)27(34)19-8-7-9-21(14-19)35-17-20-15-31-13-6-5-12-25(31)28-20/h3-15,18H,16-17H2,1-2H3,(H,29,30,33). The van der Waals surface area contributed by atoms with Crippen molar-refractivity contribution in [1.82, 2.24) is 24.3 Å². The third kappa shape index (κ3) is 4.77. The zero-order valence-electron chi connectivity index (χ0n) is 19.5. The molecule has 3 heterocycles. The van der Waals surface area contributed by atoms with Crippen LogP contribution in [-0.4, -0.2) is 36.2 Å². The van der Waals surface area contributed by atoms with Gasteiger partial charge in [-0.3, -0.25) is 9.59 Å². The fraction of sp³-hybridized carbons (Fsp3) is 0.185. The number of nitrogens with one attached hydrogen (secondary N) is 1. The lowest BCUT2D eigenvalue weighted by molar-refractivity contribution is 0.0684. The number of fused-ring (bicyclic) bond motifs is 2. The Morgan fingerprint density at radius 1 is 1.06 bits per heavy atom. The molecular formula is C27H25N5O3. The van der Waals surface area contributed by atoms with Gasteiger partial charge in [-0.1, -0.05) is 24.3 Å².